The average molecular weight is 338 g/mol. The van der Waals surface area contributed by atoms with Gasteiger partial charge in [-0.25, -0.2) is 0 Å². The van der Waals surface area contributed by atoms with Gasteiger partial charge < -0.3 is 19.9 Å². The average Bonchev–Trinajstić information content (AvgIpc) is 2.45. The Balaban J connectivity index is 2.17. The number of phenols is 1. The van der Waals surface area contributed by atoms with Gasteiger partial charge in [0.15, 0.2) is 11.5 Å². The van der Waals surface area contributed by atoms with Gasteiger partial charge >= 0.3 is 0 Å². The maximum absolute atomic E-state index is 9.43. The zero-order valence-electron chi connectivity index (χ0n) is 11.3. The Kier molecular flexibility index (Phi) is 4.74. The molecule has 0 heterocycles. The van der Waals surface area contributed by atoms with Gasteiger partial charge in [-0.05, 0) is 29.8 Å². The first-order valence-electron chi connectivity index (χ1n) is 6.07. The fourth-order valence-electron chi connectivity index (χ4n) is 1.84. The Morgan fingerprint density at radius 1 is 1.10 bits per heavy atom. The number of hydrogen-bond acceptors (Lipinski definition) is 4. The summed E-state index contributed by atoms with van der Waals surface area (Å²) in [6.07, 6.45) is 0. The molecule has 0 radical (unpaired) electrons. The van der Waals surface area contributed by atoms with Crippen LogP contribution in [0.1, 0.15) is 5.56 Å². The predicted molar refractivity (Wildman–Crippen MR) is 82.7 cm³/mol. The summed E-state index contributed by atoms with van der Waals surface area (Å²) in [7, 11) is 3.22. The molecule has 2 aromatic rings. The second-order valence-corrected chi connectivity index (χ2v) is 5.06. The summed E-state index contributed by atoms with van der Waals surface area (Å²) in [4.78, 5) is 0. The number of benzene rings is 2. The molecule has 0 saturated carbocycles. The van der Waals surface area contributed by atoms with E-state index < -0.39 is 0 Å². The van der Waals surface area contributed by atoms with E-state index >= 15 is 0 Å². The Labute approximate surface area is 126 Å². The molecule has 0 spiro atoms. The third-order valence-corrected chi connectivity index (χ3v) is 3.62. The van der Waals surface area contributed by atoms with E-state index in [-0.39, 0.29) is 5.75 Å². The van der Waals surface area contributed by atoms with Gasteiger partial charge in [-0.2, -0.15) is 0 Å². The van der Waals surface area contributed by atoms with Crippen LogP contribution in [-0.4, -0.2) is 19.3 Å². The van der Waals surface area contributed by atoms with Crippen molar-refractivity contribution in [1.82, 2.24) is 0 Å². The summed E-state index contributed by atoms with van der Waals surface area (Å²) in [6, 6.07) is 10.8. The summed E-state index contributed by atoms with van der Waals surface area (Å²) in [5, 5.41) is 12.7. The third kappa shape index (κ3) is 3.36. The van der Waals surface area contributed by atoms with E-state index in [4.69, 9.17) is 9.47 Å². The Hall–Kier alpha value is -1.88. The topological polar surface area (TPSA) is 50.7 Å². The van der Waals surface area contributed by atoms with Crippen LogP contribution in [0.5, 0.6) is 17.2 Å². The molecule has 0 aliphatic carbocycles. The third-order valence-electron chi connectivity index (χ3n) is 2.88. The second kappa shape index (κ2) is 6.52. The van der Waals surface area contributed by atoms with Crippen molar-refractivity contribution in [3.63, 3.8) is 0 Å². The molecule has 0 unspecified atom stereocenters. The molecule has 0 saturated heterocycles. The number of anilines is 1. The van der Waals surface area contributed by atoms with Crippen molar-refractivity contribution in [3.05, 3.63) is 46.4 Å². The maximum Gasteiger partial charge on any atom is 0.161 e. The molecule has 2 N–H and O–H groups in total. The van der Waals surface area contributed by atoms with Crippen LogP contribution in [0.4, 0.5) is 5.69 Å². The van der Waals surface area contributed by atoms with Crippen molar-refractivity contribution >= 4 is 21.6 Å². The molecule has 0 aromatic heterocycles. The van der Waals surface area contributed by atoms with E-state index in [1.807, 2.05) is 18.2 Å². The summed E-state index contributed by atoms with van der Waals surface area (Å²) in [5.74, 6) is 1.60. The van der Waals surface area contributed by atoms with Crippen molar-refractivity contribution in [3.8, 4) is 17.2 Å². The standard InChI is InChI=1S/C15H16BrNO3/c1-19-14-6-10(13(16)8-15(14)20-2)9-17-11-4-3-5-12(18)7-11/h3-8,17-18H,9H2,1-2H3. The van der Waals surface area contributed by atoms with Crippen LogP contribution in [0, 0.1) is 0 Å². The lowest BCUT2D eigenvalue weighted by atomic mass is 10.2. The molecular formula is C15H16BrNO3. The number of ether oxygens (including phenoxy) is 2. The van der Waals surface area contributed by atoms with Crippen LogP contribution < -0.4 is 14.8 Å². The zero-order valence-corrected chi connectivity index (χ0v) is 12.9. The molecule has 2 aromatic carbocycles. The normalized spacial score (nSPS) is 10.2. The Morgan fingerprint density at radius 3 is 2.45 bits per heavy atom. The largest absolute Gasteiger partial charge is 0.508 e. The lowest BCUT2D eigenvalue weighted by Crippen LogP contribution is -2.01. The number of aromatic hydroxyl groups is 1. The lowest BCUT2D eigenvalue weighted by Gasteiger charge is -2.13. The SMILES string of the molecule is COc1cc(Br)c(CNc2cccc(O)c2)cc1OC. The van der Waals surface area contributed by atoms with Gasteiger partial charge in [0.25, 0.3) is 0 Å². The van der Waals surface area contributed by atoms with Crippen molar-refractivity contribution in [2.24, 2.45) is 0 Å². The number of halogens is 1. The summed E-state index contributed by atoms with van der Waals surface area (Å²) >= 11 is 3.51. The Morgan fingerprint density at radius 2 is 1.80 bits per heavy atom. The number of hydrogen-bond donors (Lipinski definition) is 2. The summed E-state index contributed by atoms with van der Waals surface area (Å²) in [5.41, 5.74) is 1.89. The van der Waals surface area contributed by atoms with Crippen molar-refractivity contribution in [2.75, 3.05) is 19.5 Å². The smallest absolute Gasteiger partial charge is 0.161 e. The molecule has 106 valence electrons. The fraction of sp³-hybridized carbons (Fsp3) is 0.200. The second-order valence-electron chi connectivity index (χ2n) is 4.20. The molecule has 0 fully saturated rings. The molecule has 0 amide bonds. The highest BCUT2D eigenvalue weighted by Crippen LogP contribution is 2.33. The van der Waals surface area contributed by atoms with Gasteiger partial charge in [-0.15, -0.1) is 0 Å². The molecule has 5 heteroatoms. The molecule has 0 atom stereocenters. The van der Waals surface area contributed by atoms with E-state index in [2.05, 4.69) is 21.2 Å². The first kappa shape index (κ1) is 14.5. The molecule has 2 rings (SSSR count). The molecular weight excluding hydrogens is 322 g/mol. The maximum atomic E-state index is 9.43. The first-order valence-corrected chi connectivity index (χ1v) is 6.86. The molecule has 0 bridgehead atoms. The van der Waals surface area contributed by atoms with Crippen LogP contribution in [0.15, 0.2) is 40.9 Å². The quantitative estimate of drug-likeness (QED) is 0.871. The Bertz CT molecular complexity index is 602. The van der Waals surface area contributed by atoms with Crippen LogP contribution in [0.2, 0.25) is 0 Å². The first-order chi connectivity index (χ1) is 9.63. The number of phenolic OH excluding ortho intramolecular Hbond substituents is 1. The van der Waals surface area contributed by atoms with Crippen molar-refractivity contribution < 1.29 is 14.6 Å². The van der Waals surface area contributed by atoms with E-state index in [1.165, 1.54) is 0 Å². The van der Waals surface area contributed by atoms with Gasteiger partial charge in [-0.1, -0.05) is 22.0 Å². The van der Waals surface area contributed by atoms with Crippen molar-refractivity contribution in [1.29, 1.82) is 0 Å². The van der Waals surface area contributed by atoms with Crippen molar-refractivity contribution in [2.45, 2.75) is 6.54 Å². The van der Waals surface area contributed by atoms with Crippen LogP contribution >= 0.6 is 15.9 Å². The lowest BCUT2D eigenvalue weighted by molar-refractivity contribution is 0.354. The van der Waals surface area contributed by atoms with Crippen LogP contribution in [0.3, 0.4) is 0 Å². The van der Waals surface area contributed by atoms with Gasteiger partial charge in [0.2, 0.25) is 0 Å². The van der Waals surface area contributed by atoms with Gasteiger partial charge in [-0.3, -0.25) is 0 Å². The highest BCUT2D eigenvalue weighted by molar-refractivity contribution is 9.10. The van der Waals surface area contributed by atoms with Crippen LogP contribution in [0.25, 0.3) is 0 Å². The minimum Gasteiger partial charge on any atom is -0.508 e. The molecule has 0 aliphatic rings. The molecule has 0 aliphatic heterocycles. The van der Waals surface area contributed by atoms with E-state index in [9.17, 15) is 5.11 Å². The monoisotopic (exact) mass is 337 g/mol. The van der Waals surface area contributed by atoms with E-state index in [1.54, 1.807) is 32.4 Å². The minimum absolute atomic E-state index is 0.237. The molecule has 20 heavy (non-hydrogen) atoms. The minimum atomic E-state index is 0.237. The number of rotatable bonds is 5. The zero-order chi connectivity index (χ0) is 14.5. The summed E-state index contributed by atoms with van der Waals surface area (Å²) < 4.78 is 11.5. The fourth-order valence-corrected chi connectivity index (χ4v) is 2.31. The number of methoxy groups -OCH3 is 2. The highest BCUT2D eigenvalue weighted by Gasteiger charge is 2.09. The van der Waals surface area contributed by atoms with Gasteiger partial charge in [0, 0.05) is 22.8 Å². The summed E-state index contributed by atoms with van der Waals surface area (Å²) in [6.45, 7) is 0.602. The van der Waals surface area contributed by atoms with Crippen LogP contribution in [-0.2, 0) is 6.54 Å². The van der Waals surface area contributed by atoms with E-state index in [0.717, 1.165) is 15.7 Å². The van der Waals surface area contributed by atoms with Gasteiger partial charge in [0.1, 0.15) is 5.75 Å². The van der Waals surface area contributed by atoms with Gasteiger partial charge in [0.05, 0.1) is 14.2 Å². The molecule has 4 nitrogen and oxygen atoms in total. The van der Waals surface area contributed by atoms with E-state index in [0.29, 0.717) is 18.0 Å². The predicted octanol–water partition coefficient (Wildman–Crippen LogP) is 3.78. The number of nitrogens with one attached hydrogen (secondary N) is 1. The highest BCUT2D eigenvalue weighted by atomic mass is 79.9.